The maximum atomic E-state index is 13.9. The molecule has 256 valence electrons. The third-order valence-electron chi connectivity index (χ3n) is 9.29. The quantitative estimate of drug-likeness (QED) is 0.248. The van der Waals surface area contributed by atoms with E-state index in [9.17, 15) is 18.8 Å². The number of rotatable bonds is 8. The molecule has 0 saturated carbocycles. The molecule has 7 rings (SSSR count). The minimum absolute atomic E-state index is 0. The van der Waals surface area contributed by atoms with Crippen LogP contribution in [-0.4, -0.2) is 78.3 Å². The molecule has 1 amide bonds. The van der Waals surface area contributed by atoms with Crippen LogP contribution in [0.1, 0.15) is 29.7 Å². The number of nitrogens with zero attached hydrogens (tertiary/aromatic N) is 6. The Kier molecular flexibility index (Phi) is 10.3. The molecule has 13 heteroatoms. The van der Waals surface area contributed by atoms with Gasteiger partial charge in [-0.1, -0.05) is 66.7 Å². The van der Waals surface area contributed by atoms with E-state index in [-0.39, 0.29) is 51.0 Å². The molecule has 2 atom stereocenters. The van der Waals surface area contributed by atoms with Gasteiger partial charge in [0, 0.05) is 55.3 Å². The van der Waals surface area contributed by atoms with Crippen LogP contribution < -0.4 is 19.9 Å². The Labute approximate surface area is 290 Å². The lowest BCUT2D eigenvalue weighted by Crippen LogP contribution is -2.55. The first-order valence-corrected chi connectivity index (χ1v) is 16.3. The van der Waals surface area contributed by atoms with E-state index in [0.717, 1.165) is 39.8 Å². The number of aromatic nitrogens is 2. The first-order valence-electron chi connectivity index (χ1n) is 16.3. The summed E-state index contributed by atoms with van der Waals surface area (Å²) in [7, 11) is 0. The van der Waals surface area contributed by atoms with Gasteiger partial charge in [-0.25, -0.2) is 13.6 Å². The van der Waals surface area contributed by atoms with Gasteiger partial charge in [0.25, 0.3) is 5.92 Å². The molecule has 2 fully saturated rings. The SMILES string of the molecule is Cl.N#CC[C@H]1CN(c2nc(OC[C@@H]3CC(F)(F)CN3)nc3c2CCN(c2cccc4ccccc24)C3)CCN1C(=O)OCc1ccccc1. The van der Waals surface area contributed by atoms with E-state index in [1.165, 1.54) is 0 Å². The highest BCUT2D eigenvalue weighted by molar-refractivity contribution is 5.94. The Morgan fingerprint density at radius 3 is 2.59 bits per heavy atom. The van der Waals surface area contributed by atoms with Gasteiger partial charge in [0.05, 0.1) is 37.3 Å². The van der Waals surface area contributed by atoms with E-state index in [4.69, 9.17) is 19.4 Å². The van der Waals surface area contributed by atoms with Gasteiger partial charge in [-0.15, -0.1) is 12.4 Å². The number of anilines is 2. The topological polar surface area (TPSA) is 107 Å². The Hall–Kier alpha value is -4.73. The molecule has 0 spiro atoms. The summed E-state index contributed by atoms with van der Waals surface area (Å²) in [6, 6.07) is 25.4. The average Bonchev–Trinajstić information content (AvgIpc) is 3.47. The zero-order valence-electron chi connectivity index (χ0n) is 26.9. The highest BCUT2D eigenvalue weighted by Gasteiger charge is 2.40. The number of nitriles is 1. The zero-order chi connectivity index (χ0) is 33.1. The van der Waals surface area contributed by atoms with Crippen molar-refractivity contribution in [3.8, 4) is 12.1 Å². The van der Waals surface area contributed by atoms with E-state index in [1.807, 2.05) is 42.5 Å². The van der Waals surface area contributed by atoms with Gasteiger partial charge in [-0.05, 0) is 23.4 Å². The highest BCUT2D eigenvalue weighted by Crippen LogP contribution is 2.35. The molecular formula is C36H38ClF2N7O3. The van der Waals surface area contributed by atoms with Crippen LogP contribution in [0.15, 0.2) is 72.8 Å². The fourth-order valence-corrected chi connectivity index (χ4v) is 6.87. The van der Waals surface area contributed by atoms with Crippen LogP contribution in [0.3, 0.4) is 0 Å². The van der Waals surface area contributed by atoms with Crippen molar-refractivity contribution in [1.29, 1.82) is 5.26 Å². The van der Waals surface area contributed by atoms with Gasteiger partial charge in [0.1, 0.15) is 19.0 Å². The van der Waals surface area contributed by atoms with Crippen LogP contribution >= 0.6 is 12.4 Å². The largest absolute Gasteiger partial charge is 0.462 e. The lowest BCUT2D eigenvalue weighted by atomic mass is 10.0. The number of fused-ring (bicyclic) bond motifs is 2. The fourth-order valence-electron chi connectivity index (χ4n) is 6.87. The van der Waals surface area contributed by atoms with Crippen molar-refractivity contribution in [2.24, 2.45) is 0 Å². The third kappa shape index (κ3) is 7.63. The van der Waals surface area contributed by atoms with Crippen LogP contribution in [0.2, 0.25) is 0 Å². The van der Waals surface area contributed by atoms with Gasteiger partial charge in [0.15, 0.2) is 0 Å². The van der Waals surface area contributed by atoms with Gasteiger partial charge >= 0.3 is 12.1 Å². The summed E-state index contributed by atoms with van der Waals surface area (Å²) in [5.74, 6) is -2.08. The second-order valence-electron chi connectivity index (χ2n) is 12.6. The standard InChI is InChI=1S/C36H37F2N7O3.ClH/c37-36(38)19-27(40-24-36)23-47-34-41-31-21-43(32-12-6-10-26-9-4-5-11-29(26)32)16-14-30(31)33(42-34)44-17-18-45(28(20-44)13-15-39)35(46)48-22-25-7-2-1-3-8-25;/h1-12,27-28,40H,13-14,16-24H2;1H/t27-,28-;/m0./s1. The van der Waals surface area contributed by atoms with Crippen molar-refractivity contribution in [2.75, 3.05) is 49.1 Å². The number of amides is 1. The average molecular weight is 690 g/mol. The van der Waals surface area contributed by atoms with Crippen molar-refractivity contribution in [3.63, 3.8) is 0 Å². The number of halogens is 3. The Balaban J connectivity index is 0.00000417. The van der Waals surface area contributed by atoms with Gasteiger partial charge in [-0.3, -0.25) is 0 Å². The number of hydrogen-bond donors (Lipinski definition) is 1. The number of benzene rings is 3. The van der Waals surface area contributed by atoms with E-state index < -0.39 is 24.1 Å². The number of nitrogens with one attached hydrogen (secondary N) is 1. The molecule has 0 unspecified atom stereocenters. The maximum Gasteiger partial charge on any atom is 0.410 e. The molecule has 3 aliphatic rings. The summed E-state index contributed by atoms with van der Waals surface area (Å²) >= 11 is 0. The number of hydrogen-bond acceptors (Lipinski definition) is 9. The van der Waals surface area contributed by atoms with E-state index in [0.29, 0.717) is 38.4 Å². The summed E-state index contributed by atoms with van der Waals surface area (Å²) < 4.78 is 39.4. The number of carbonyl (C=O) groups is 1. The van der Waals surface area contributed by atoms with Gasteiger partial charge in [0.2, 0.25) is 0 Å². The van der Waals surface area contributed by atoms with Crippen LogP contribution in [0, 0.1) is 11.3 Å². The smallest absolute Gasteiger partial charge is 0.410 e. The first kappa shape index (κ1) is 34.1. The summed E-state index contributed by atoms with van der Waals surface area (Å²) in [6.45, 7) is 2.23. The second-order valence-corrected chi connectivity index (χ2v) is 12.6. The zero-order valence-corrected chi connectivity index (χ0v) is 27.7. The molecule has 49 heavy (non-hydrogen) atoms. The molecule has 2 saturated heterocycles. The van der Waals surface area contributed by atoms with Gasteiger partial charge in [-0.2, -0.15) is 15.2 Å². The van der Waals surface area contributed by atoms with Crippen molar-refractivity contribution in [2.45, 2.75) is 50.4 Å². The maximum absolute atomic E-state index is 13.9. The Morgan fingerprint density at radius 1 is 1.00 bits per heavy atom. The van der Waals surface area contributed by atoms with Crippen LogP contribution in [0.5, 0.6) is 6.01 Å². The fraction of sp³-hybridized carbons (Fsp3) is 0.389. The molecule has 1 aromatic heterocycles. The van der Waals surface area contributed by atoms with Crippen LogP contribution in [-0.2, 0) is 24.3 Å². The molecule has 0 radical (unpaired) electrons. The van der Waals surface area contributed by atoms with E-state index in [1.54, 1.807) is 4.90 Å². The molecule has 0 aliphatic carbocycles. The molecule has 0 bridgehead atoms. The number of ether oxygens (including phenoxy) is 2. The third-order valence-corrected chi connectivity index (χ3v) is 9.29. The minimum Gasteiger partial charge on any atom is -0.462 e. The van der Waals surface area contributed by atoms with Crippen molar-refractivity contribution in [1.82, 2.24) is 20.2 Å². The summed E-state index contributed by atoms with van der Waals surface area (Å²) in [5.41, 5.74) is 3.78. The lowest BCUT2D eigenvalue weighted by molar-refractivity contribution is 0.0194. The predicted octanol–water partition coefficient (Wildman–Crippen LogP) is 5.73. The van der Waals surface area contributed by atoms with Crippen LogP contribution in [0.25, 0.3) is 10.8 Å². The molecular weight excluding hydrogens is 652 g/mol. The Morgan fingerprint density at radius 2 is 1.80 bits per heavy atom. The Bertz CT molecular complexity index is 1820. The molecule has 10 nitrogen and oxygen atoms in total. The molecule has 1 N–H and O–H groups in total. The molecule has 4 aromatic rings. The van der Waals surface area contributed by atoms with Crippen LogP contribution in [0.4, 0.5) is 25.1 Å². The monoisotopic (exact) mass is 689 g/mol. The number of piperazine rings is 1. The first-order chi connectivity index (χ1) is 23.4. The minimum atomic E-state index is -2.77. The summed E-state index contributed by atoms with van der Waals surface area (Å²) in [5, 5.41) is 14.8. The normalized spacial score (nSPS) is 19.9. The number of alkyl halides is 2. The summed E-state index contributed by atoms with van der Waals surface area (Å²) in [6.07, 6.45) is 0.0355. The highest BCUT2D eigenvalue weighted by atomic mass is 35.5. The molecule has 4 heterocycles. The van der Waals surface area contributed by atoms with E-state index >= 15 is 0 Å². The van der Waals surface area contributed by atoms with E-state index in [2.05, 4.69) is 51.5 Å². The lowest BCUT2D eigenvalue weighted by Gasteiger charge is -2.42. The van der Waals surface area contributed by atoms with Crippen molar-refractivity contribution < 1.29 is 23.0 Å². The summed E-state index contributed by atoms with van der Waals surface area (Å²) in [4.78, 5) is 28.8. The van der Waals surface area contributed by atoms with Gasteiger partial charge < -0.3 is 29.5 Å². The molecule has 3 aliphatic heterocycles. The predicted molar refractivity (Wildman–Crippen MR) is 184 cm³/mol. The van der Waals surface area contributed by atoms with Crippen molar-refractivity contribution in [3.05, 3.63) is 89.6 Å². The second kappa shape index (κ2) is 14.8. The number of carbonyl (C=O) groups excluding carboxylic acids is 1. The van der Waals surface area contributed by atoms with Crippen molar-refractivity contribution >= 4 is 40.8 Å². The molecule has 3 aromatic carbocycles.